The molecule has 3 nitrogen and oxygen atoms in total. The van der Waals surface area contributed by atoms with Crippen LogP contribution in [0.15, 0.2) is 22.7 Å². The van der Waals surface area contributed by atoms with E-state index in [2.05, 4.69) is 15.9 Å². The molecule has 2 rings (SSSR count). The van der Waals surface area contributed by atoms with E-state index in [0.29, 0.717) is 16.7 Å². The van der Waals surface area contributed by atoms with E-state index in [4.69, 9.17) is 4.74 Å². The van der Waals surface area contributed by atoms with Crippen LogP contribution in [0, 0.1) is 5.82 Å². The fourth-order valence-corrected chi connectivity index (χ4v) is 1.84. The Hall–Kier alpha value is -1.10. The van der Waals surface area contributed by atoms with E-state index >= 15 is 0 Å². The topological polar surface area (TPSA) is 29.5 Å². The fourth-order valence-electron chi connectivity index (χ4n) is 1.60. The molecule has 0 bridgehead atoms. The summed E-state index contributed by atoms with van der Waals surface area (Å²) in [5.41, 5.74) is 0.529. The van der Waals surface area contributed by atoms with Gasteiger partial charge >= 0.3 is 6.09 Å². The highest BCUT2D eigenvalue weighted by molar-refractivity contribution is 9.10. The predicted octanol–water partition coefficient (Wildman–Crippen LogP) is 4.35. The van der Waals surface area contributed by atoms with Gasteiger partial charge in [-0.05, 0) is 40.5 Å². The Morgan fingerprint density at radius 1 is 1.50 bits per heavy atom. The van der Waals surface area contributed by atoms with Crippen LogP contribution in [-0.4, -0.2) is 18.7 Å². The number of halogens is 2. The van der Waals surface area contributed by atoms with E-state index in [1.807, 2.05) is 20.8 Å². The summed E-state index contributed by atoms with van der Waals surface area (Å²) < 4.78 is 18.8. The number of anilines is 1. The van der Waals surface area contributed by atoms with Gasteiger partial charge in [0, 0.05) is 0 Å². The zero-order valence-corrected chi connectivity index (χ0v) is 12.3. The standard InChI is InChI=1S/C11H11BrFNO2.C2H6/c1-2-8-6-14(11(15)16-8)7-3-4-9(12)10(13)5-7;1-2/h3-5,8H,2,6H2,1H3;1-2H3. The average Bonchev–Trinajstić information content (AvgIpc) is 2.77. The summed E-state index contributed by atoms with van der Waals surface area (Å²) in [6.07, 6.45) is 0.258. The lowest BCUT2D eigenvalue weighted by atomic mass is 10.2. The number of cyclic esters (lactones) is 1. The largest absolute Gasteiger partial charge is 0.444 e. The SMILES string of the molecule is CC.CCC1CN(c2ccc(Br)c(F)c2)C(=O)O1. The Kier molecular flexibility index (Phi) is 5.59. The molecule has 1 aromatic rings. The number of ether oxygens (including phenoxy) is 1. The summed E-state index contributed by atoms with van der Waals surface area (Å²) in [6, 6.07) is 4.59. The van der Waals surface area contributed by atoms with Crippen molar-refractivity contribution >= 4 is 27.7 Å². The minimum atomic E-state index is -0.409. The van der Waals surface area contributed by atoms with Crippen molar-refractivity contribution in [2.75, 3.05) is 11.4 Å². The molecule has 1 fully saturated rings. The normalized spacial score (nSPS) is 18.2. The summed E-state index contributed by atoms with van der Waals surface area (Å²) in [7, 11) is 0. The van der Waals surface area contributed by atoms with Crippen LogP contribution in [0.5, 0.6) is 0 Å². The molecule has 18 heavy (non-hydrogen) atoms. The Morgan fingerprint density at radius 3 is 2.67 bits per heavy atom. The van der Waals surface area contributed by atoms with Gasteiger partial charge < -0.3 is 4.74 Å². The fraction of sp³-hybridized carbons (Fsp3) is 0.462. The van der Waals surface area contributed by atoms with Gasteiger partial charge in [0.25, 0.3) is 0 Å². The van der Waals surface area contributed by atoms with E-state index < -0.39 is 6.09 Å². The average molecular weight is 318 g/mol. The highest BCUT2D eigenvalue weighted by atomic mass is 79.9. The van der Waals surface area contributed by atoms with Gasteiger partial charge in [0.15, 0.2) is 0 Å². The van der Waals surface area contributed by atoms with Crippen LogP contribution < -0.4 is 4.90 Å². The van der Waals surface area contributed by atoms with Gasteiger partial charge in [0.1, 0.15) is 11.9 Å². The number of hydrogen-bond donors (Lipinski definition) is 0. The number of hydrogen-bond acceptors (Lipinski definition) is 2. The summed E-state index contributed by atoms with van der Waals surface area (Å²) in [5, 5.41) is 0. The summed E-state index contributed by atoms with van der Waals surface area (Å²) >= 11 is 3.07. The van der Waals surface area contributed by atoms with Gasteiger partial charge in [-0.25, -0.2) is 9.18 Å². The molecule has 1 atom stereocenters. The maximum atomic E-state index is 13.3. The van der Waals surface area contributed by atoms with Crippen LogP contribution in [-0.2, 0) is 4.74 Å². The molecule has 0 saturated carbocycles. The molecular formula is C13H17BrFNO2. The Bertz CT molecular complexity index is 425. The number of benzene rings is 1. The number of carbonyl (C=O) groups excluding carboxylic acids is 1. The lowest BCUT2D eigenvalue weighted by Crippen LogP contribution is -2.24. The van der Waals surface area contributed by atoms with Crippen molar-refractivity contribution in [2.45, 2.75) is 33.3 Å². The summed E-state index contributed by atoms with van der Waals surface area (Å²) in [4.78, 5) is 13.0. The minimum Gasteiger partial charge on any atom is -0.444 e. The van der Waals surface area contributed by atoms with E-state index in [9.17, 15) is 9.18 Å². The van der Waals surface area contributed by atoms with Crippen molar-refractivity contribution in [3.63, 3.8) is 0 Å². The van der Waals surface area contributed by atoms with Gasteiger partial charge in [0.2, 0.25) is 0 Å². The van der Waals surface area contributed by atoms with Crippen molar-refractivity contribution < 1.29 is 13.9 Å². The molecule has 5 heteroatoms. The van der Waals surface area contributed by atoms with Crippen molar-refractivity contribution in [1.29, 1.82) is 0 Å². The molecule has 1 aliphatic heterocycles. The first-order valence-electron chi connectivity index (χ1n) is 6.05. The molecule has 1 amide bonds. The second-order valence-corrected chi connectivity index (χ2v) is 4.48. The highest BCUT2D eigenvalue weighted by Crippen LogP contribution is 2.26. The van der Waals surface area contributed by atoms with Crippen molar-refractivity contribution in [3.05, 3.63) is 28.5 Å². The first-order valence-corrected chi connectivity index (χ1v) is 6.84. The van der Waals surface area contributed by atoms with Crippen LogP contribution in [0.4, 0.5) is 14.9 Å². The summed E-state index contributed by atoms with van der Waals surface area (Å²) in [5.74, 6) is -0.384. The Morgan fingerprint density at radius 2 is 2.17 bits per heavy atom. The molecule has 0 aromatic heterocycles. The molecule has 0 N–H and O–H groups in total. The molecule has 1 heterocycles. The van der Waals surface area contributed by atoms with Crippen LogP contribution >= 0.6 is 15.9 Å². The van der Waals surface area contributed by atoms with Crippen LogP contribution in [0.3, 0.4) is 0 Å². The third-order valence-corrected chi connectivity index (χ3v) is 3.19. The zero-order chi connectivity index (χ0) is 13.7. The molecule has 1 unspecified atom stereocenters. The number of carbonyl (C=O) groups is 1. The van der Waals surface area contributed by atoms with E-state index in [0.717, 1.165) is 6.42 Å². The molecule has 0 spiro atoms. The van der Waals surface area contributed by atoms with Gasteiger partial charge in [0.05, 0.1) is 16.7 Å². The molecule has 1 aromatic carbocycles. The van der Waals surface area contributed by atoms with Crippen LogP contribution in [0.25, 0.3) is 0 Å². The van der Waals surface area contributed by atoms with E-state index in [1.54, 1.807) is 12.1 Å². The van der Waals surface area contributed by atoms with Crippen LogP contribution in [0.1, 0.15) is 27.2 Å². The lowest BCUT2D eigenvalue weighted by Gasteiger charge is -2.13. The second kappa shape index (κ2) is 6.73. The monoisotopic (exact) mass is 317 g/mol. The van der Waals surface area contributed by atoms with Crippen molar-refractivity contribution in [3.8, 4) is 0 Å². The molecule has 100 valence electrons. The first-order chi connectivity index (χ1) is 8.61. The van der Waals surface area contributed by atoms with Gasteiger partial charge in [-0.1, -0.05) is 20.8 Å². The summed E-state index contributed by atoms with van der Waals surface area (Å²) in [6.45, 7) is 6.43. The van der Waals surface area contributed by atoms with Gasteiger partial charge in [-0.3, -0.25) is 4.90 Å². The highest BCUT2D eigenvalue weighted by Gasteiger charge is 2.31. The lowest BCUT2D eigenvalue weighted by molar-refractivity contribution is 0.139. The second-order valence-electron chi connectivity index (χ2n) is 3.62. The Labute approximate surface area is 115 Å². The third-order valence-electron chi connectivity index (χ3n) is 2.54. The van der Waals surface area contributed by atoms with Crippen molar-refractivity contribution in [2.24, 2.45) is 0 Å². The number of rotatable bonds is 2. The number of amides is 1. The van der Waals surface area contributed by atoms with Crippen LogP contribution in [0.2, 0.25) is 0 Å². The quantitative estimate of drug-likeness (QED) is 0.811. The molecule has 1 saturated heterocycles. The van der Waals surface area contributed by atoms with Gasteiger partial charge in [-0.15, -0.1) is 0 Å². The Balaban J connectivity index is 0.000000771. The maximum absolute atomic E-state index is 13.3. The molecular weight excluding hydrogens is 301 g/mol. The predicted molar refractivity (Wildman–Crippen MR) is 73.4 cm³/mol. The zero-order valence-electron chi connectivity index (χ0n) is 10.7. The number of nitrogens with zero attached hydrogens (tertiary/aromatic N) is 1. The third kappa shape index (κ3) is 3.22. The molecule has 1 aliphatic rings. The molecule has 0 aliphatic carbocycles. The maximum Gasteiger partial charge on any atom is 0.414 e. The molecule has 0 radical (unpaired) electrons. The first kappa shape index (κ1) is 15.0. The van der Waals surface area contributed by atoms with Gasteiger partial charge in [-0.2, -0.15) is 0 Å². The minimum absolute atomic E-state index is 0.0980. The van der Waals surface area contributed by atoms with Crippen molar-refractivity contribution in [1.82, 2.24) is 0 Å². The smallest absolute Gasteiger partial charge is 0.414 e. The van der Waals surface area contributed by atoms with E-state index in [-0.39, 0.29) is 11.9 Å². The van der Waals surface area contributed by atoms with E-state index in [1.165, 1.54) is 11.0 Å².